The number of Topliss-reactive ketones (excluding diaryl/α,β-unsaturated/α-hetero) is 1. The van der Waals surface area contributed by atoms with Crippen molar-refractivity contribution in [2.45, 2.75) is 78.6 Å². The number of hydrogen-bond acceptors (Lipinski definition) is 2. The van der Waals surface area contributed by atoms with Crippen molar-refractivity contribution in [3.05, 3.63) is 11.6 Å². The molecule has 4 aliphatic carbocycles. The van der Waals surface area contributed by atoms with E-state index in [4.69, 9.17) is 0 Å². The second kappa shape index (κ2) is 5.54. The van der Waals surface area contributed by atoms with E-state index in [1.54, 1.807) is 0 Å². The van der Waals surface area contributed by atoms with Gasteiger partial charge in [0.05, 0.1) is 0 Å². The quantitative estimate of drug-likeness (QED) is 0.705. The Morgan fingerprint density at radius 3 is 2.54 bits per heavy atom. The molecule has 0 N–H and O–H groups in total. The third kappa shape index (κ3) is 2.14. The second-order valence-electron chi connectivity index (χ2n) is 9.51. The zero-order chi connectivity index (χ0) is 17.1. The molecular weight excluding hydrogens is 296 g/mol. The molecule has 0 saturated heterocycles. The number of ketones is 2. The maximum absolute atomic E-state index is 12.5. The molecule has 2 nitrogen and oxygen atoms in total. The number of carbonyl (C=O) groups excluding carboxylic acids is 2. The maximum Gasteiger partial charge on any atom is 0.158 e. The fourth-order valence-electron chi connectivity index (χ4n) is 7.11. The third-order valence-electron chi connectivity index (χ3n) is 8.47. The van der Waals surface area contributed by atoms with E-state index in [0.29, 0.717) is 29.3 Å². The van der Waals surface area contributed by atoms with Crippen molar-refractivity contribution >= 4 is 11.6 Å². The lowest BCUT2D eigenvalue weighted by Crippen LogP contribution is -2.51. The number of fused-ring (bicyclic) bond motifs is 5. The second-order valence-corrected chi connectivity index (χ2v) is 9.51. The first-order chi connectivity index (χ1) is 11.4. The molecule has 0 aromatic rings. The minimum Gasteiger partial charge on any atom is -0.299 e. The van der Waals surface area contributed by atoms with Gasteiger partial charge in [-0.2, -0.15) is 0 Å². The molecule has 0 heterocycles. The highest BCUT2D eigenvalue weighted by atomic mass is 16.1. The Hall–Kier alpha value is -0.920. The molecule has 0 bridgehead atoms. The van der Waals surface area contributed by atoms with Crippen molar-refractivity contribution in [3.8, 4) is 0 Å². The monoisotopic (exact) mass is 328 g/mol. The molecule has 0 aromatic carbocycles. The van der Waals surface area contributed by atoms with E-state index in [-0.39, 0.29) is 16.7 Å². The Bertz CT molecular complexity index is 603. The summed E-state index contributed by atoms with van der Waals surface area (Å²) in [6.07, 6.45) is 11.7. The first kappa shape index (κ1) is 16.5. The van der Waals surface area contributed by atoms with Gasteiger partial charge < -0.3 is 0 Å². The van der Waals surface area contributed by atoms with Gasteiger partial charge in [-0.1, -0.05) is 32.8 Å². The summed E-state index contributed by atoms with van der Waals surface area (Å²) in [5.74, 6) is 3.15. The Morgan fingerprint density at radius 2 is 1.79 bits per heavy atom. The van der Waals surface area contributed by atoms with Crippen LogP contribution in [0.25, 0.3) is 0 Å². The molecule has 0 aromatic heterocycles. The van der Waals surface area contributed by atoms with E-state index in [2.05, 4.69) is 20.8 Å². The number of allylic oxidation sites excluding steroid dienone is 1. The predicted octanol–water partition coefficient (Wildman–Crippen LogP) is 5.11. The molecular formula is C22H32O2. The van der Waals surface area contributed by atoms with Crippen molar-refractivity contribution < 1.29 is 9.59 Å². The summed E-state index contributed by atoms with van der Waals surface area (Å²) in [7, 11) is 0. The molecule has 1 unspecified atom stereocenters. The van der Waals surface area contributed by atoms with Crippen LogP contribution < -0.4 is 0 Å². The van der Waals surface area contributed by atoms with Crippen LogP contribution in [0, 0.1) is 34.5 Å². The molecule has 4 rings (SSSR count). The first-order valence-electron chi connectivity index (χ1n) is 10.2. The van der Waals surface area contributed by atoms with Crippen LogP contribution in [-0.2, 0) is 9.59 Å². The van der Waals surface area contributed by atoms with Gasteiger partial charge in [0, 0.05) is 17.8 Å². The Kier molecular flexibility index (Phi) is 3.82. The van der Waals surface area contributed by atoms with Gasteiger partial charge in [-0.25, -0.2) is 0 Å². The lowest BCUT2D eigenvalue weighted by atomic mass is 9.46. The van der Waals surface area contributed by atoms with E-state index in [1.165, 1.54) is 18.4 Å². The molecule has 132 valence electrons. The standard InChI is InChI=1S/C22H32O2/c1-4-5-14-13-22(3)15(12-19(14)23)6-7-16-17-8-9-20(24)21(17,2)11-10-18(16)22/h12,14,16-18H,4-11,13H2,1-3H3/t14?,16-,17-,18-,21-,22-/m0/s1. The third-order valence-corrected chi connectivity index (χ3v) is 8.47. The van der Waals surface area contributed by atoms with Crippen LogP contribution in [-0.4, -0.2) is 11.6 Å². The molecule has 0 amide bonds. The van der Waals surface area contributed by atoms with E-state index in [0.717, 1.165) is 44.9 Å². The van der Waals surface area contributed by atoms with Crippen LogP contribution in [0.1, 0.15) is 78.6 Å². The van der Waals surface area contributed by atoms with E-state index < -0.39 is 0 Å². The fraction of sp³-hybridized carbons (Fsp3) is 0.818. The summed E-state index contributed by atoms with van der Waals surface area (Å²) in [6.45, 7) is 6.89. The van der Waals surface area contributed by atoms with Gasteiger partial charge >= 0.3 is 0 Å². The molecule has 0 radical (unpaired) electrons. The molecule has 0 aliphatic heterocycles. The van der Waals surface area contributed by atoms with Gasteiger partial charge in [-0.05, 0) is 74.2 Å². The molecule has 0 spiro atoms. The highest BCUT2D eigenvalue weighted by Crippen LogP contribution is 2.64. The Labute approximate surface area is 146 Å². The molecule has 3 saturated carbocycles. The molecule has 24 heavy (non-hydrogen) atoms. The molecule has 4 aliphatic rings. The Balaban J connectivity index is 1.67. The zero-order valence-electron chi connectivity index (χ0n) is 15.6. The zero-order valence-corrected chi connectivity index (χ0v) is 15.6. The van der Waals surface area contributed by atoms with Crippen molar-refractivity contribution in [3.63, 3.8) is 0 Å². The average Bonchev–Trinajstić information content (AvgIpc) is 2.85. The maximum atomic E-state index is 12.5. The highest BCUT2D eigenvalue weighted by Gasteiger charge is 2.59. The lowest BCUT2D eigenvalue weighted by molar-refractivity contribution is -0.133. The summed E-state index contributed by atoms with van der Waals surface area (Å²) >= 11 is 0. The largest absolute Gasteiger partial charge is 0.299 e. The van der Waals surface area contributed by atoms with Crippen LogP contribution in [0.3, 0.4) is 0 Å². The van der Waals surface area contributed by atoms with Gasteiger partial charge in [0.15, 0.2) is 5.78 Å². The summed E-state index contributed by atoms with van der Waals surface area (Å²) < 4.78 is 0. The number of rotatable bonds is 2. The fourth-order valence-corrected chi connectivity index (χ4v) is 7.11. The minimum absolute atomic E-state index is 0.0357. The van der Waals surface area contributed by atoms with E-state index in [9.17, 15) is 9.59 Å². The van der Waals surface area contributed by atoms with E-state index >= 15 is 0 Å². The van der Waals surface area contributed by atoms with Crippen molar-refractivity contribution in [2.75, 3.05) is 0 Å². The number of carbonyl (C=O) groups is 2. The average molecular weight is 328 g/mol. The summed E-state index contributed by atoms with van der Waals surface area (Å²) in [5.41, 5.74) is 1.62. The van der Waals surface area contributed by atoms with Crippen LogP contribution in [0.4, 0.5) is 0 Å². The van der Waals surface area contributed by atoms with Crippen molar-refractivity contribution in [1.29, 1.82) is 0 Å². The Morgan fingerprint density at radius 1 is 1.04 bits per heavy atom. The number of hydrogen-bond donors (Lipinski definition) is 0. The molecule has 6 atom stereocenters. The van der Waals surface area contributed by atoms with Crippen molar-refractivity contribution in [1.82, 2.24) is 0 Å². The van der Waals surface area contributed by atoms with Gasteiger partial charge in [0.25, 0.3) is 0 Å². The van der Waals surface area contributed by atoms with Crippen molar-refractivity contribution in [2.24, 2.45) is 34.5 Å². The van der Waals surface area contributed by atoms with Crippen LogP contribution in [0.5, 0.6) is 0 Å². The van der Waals surface area contributed by atoms with E-state index in [1.807, 2.05) is 6.08 Å². The topological polar surface area (TPSA) is 34.1 Å². The minimum atomic E-state index is -0.0357. The summed E-state index contributed by atoms with van der Waals surface area (Å²) in [4.78, 5) is 25.0. The normalized spacial score (nSPS) is 47.7. The molecule has 3 fully saturated rings. The predicted molar refractivity (Wildman–Crippen MR) is 95.5 cm³/mol. The van der Waals surface area contributed by atoms with Gasteiger partial charge in [-0.15, -0.1) is 0 Å². The van der Waals surface area contributed by atoms with Crippen LogP contribution >= 0.6 is 0 Å². The van der Waals surface area contributed by atoms with Crippen LogP contribution in [0.15, 0.2) is 11.6 Å². The van der Waals surface area contributed by atoms with Crippen LogP contribution in [0.2, 0.25) is 0 Å². The smallest absolute Gasteiger partial charge is 0.158 e. The molecule has 2 heteroatoms. The lowest BCUT2D eigenvalue weighted by Gasteiger charge is -2.57. The van der Waals surface area contributed by atoms with Gasteiger partial charge in [-0.3, -0.25) is 9.59 Å². The first-order valence-corrected chi connectivity index (χ1v) is 10.2. The summed E-state index contributed by atoms with van der Waals surface area (Å²) in [5, 5.41) is 0. The van der Waals surface area contributed by atoms with Gasteiger partial charge in [0.1, 0.15) is 5.78 Å². The van der Waals surface area contributed by atoms with Gasteiger partial charge in [0.2, 0.25) is 0 Å². The SMILES string of the molecule is CCCC1C[C@@]2(C)C(=CC1=O)CC[C@@H]1[C@@H]2CC[C@]2(C)C(=O)CC[C@@H]12. The summed E-state index contributed by atoms with van der Waals surface area (Å²) in [6, 6.07) is 0. The highest BCUT2D eigenvalue weighted by molar-refractivity contribution is 5.93.